The van der Waals surface area contributed by atoms with E-state index in [1.807, 2.05) is 0 Å². The minimum Gasteiger partial charge on any atom is -0.356 e. The summed E-state index contributed by atoms with van der Waals surface area (Å²) in [5.74, 6) is 0. The SMILES string of the molecule is COC(O)N[C@H](CN)C(C)(C)C(F)(F)F. The normalized spacial score (nSPS) is 17.6. The molecule has 0 bridgehead atoms. The summed E-state index contributed by atoms with van der Waals surface area (Å²) in [7, 11) is 1.17. The third-order valence-corrected chi connectivity index (χ3v) is 2.40. The predicted octanol–water partition coefficient (Wildman–Crippen LogP) is 0.414. The molecule has 0 heterocycles. The van der Waals surface area contributed by atoms with Gasteiger partial charge in [0, 0.05) is 19.7 Å². The van der Waals surface area contributed by atoms with Crippen molar-refractivity contribution >= 4 is 0 Å². The van der Waals surface area contributed by atoms with Crippen molar-refractivity contribution in [1.29, 1.82) is 0 Å². The number of halogens is 3. The maximum atomic E-state index is 12.6. The van der Waals surface area contributed by atoms with Crippen LogP contribution in [0.2, 0.25) is 0 Å². The van der Waals surface area contributed by atoms with Crippen molar-refractivity contribution in [2.24, 2.45) is 11.1 Å². The molecule has 7 heteroatoms. The van der Waals surface area contributed by atoms with Crippen molar-refractivity contribution in [3.63, 3.8) is 0 Å². The Balaban J connectivity index is 4.66. The van der Waals surface area contributed by atoms with Crippen LogP contribution in [0.25, 0.3) is 0 Å². The van der Waals surface area contributed by atoms with E-state index in [9.17, 15) is 13.2 Å². The van der Waals surface area contributed by atoms with Gasteiger partial charge in [0.05, 0.1) is 5.41 Å². The van der Waals surface area contributed by atoms with Crippen molar-refractivity contribution in [1.82, 2.24) is 5.32 Å². The number of methoxy groups -OCH3 is 1. The maximum absolute atomic E-state index is 12.6. The summed E-state index contributed by atoms with van der Waals surface area (Å²) < 4.78 is 42.2. The smallest absolute Gasteiger partial charge is 0.356 e. The van der Waals surface area contributed by atoms with E-state index in [1.54, 1.807) is 0 Å². The molecule has 0 aliphatic rings. The molecule has 0 radical (unpaired) electrons. The van der Waals surface area contributed by atoms with Crippen LogP contribution in [0.3, 0.4) is 0 Å². The van der Waals surface area contributed by atoms with Gasteiger partial charge in [0.25, 0.3) is 0 Å². The Kier molecular flexibility index (Phi) is 4.98. The fourth-order valence-corrected chi connectivity index (χ4v) is 1.01. The molecule has 4 nitrogen and oxygen atoms in total. The highest BCUT2D eigenvalue weighted by molar-refractivity contribution is 4.90. The van der Waals surface area contributed by atoms with Crippen molar-refractivity contribution in [3.8, 4) is 0 Å². The van der Waals surface area contributed by atoms with Crippen molar-refractivity contribution in [2.45, 2.75) is 32.5 Å². The van der Waals surface area contributed by atoms with E-state index in [2.05, 4.69) is 10.1 Å². The summed E-state index contributed by atoms with van der Waals surface area (Å²) in [4.78, 5) is 0. The van der Waals surface area contributed by atoms with Crippen LogP contribution < -0.4 is 11.1 Å². The lowest BCUT2D eigenvalue weighted by Crippen LogP contribution is -2.56. The Morgan fingerprint density at radius 2 is 1.87 bits per heavy atom. The zero-order valence-electron chi connectivity index (χ0n) is 8.93. The van der Waals surface area contributed by atoms with Gasteiger partial charge in [-0.15, -0.1) is 0 Å². The number of aliphatic hydroxyl groups excluding tert-OH is 1. The number of ether oxygens (including phenoxy) is 1. The maximum Gasteiger partial charge on any atom is 0.395 e. The van der Waals surface area contributed by atoms with E-state index in [-0.39, 0.29) is 6.54 Å². The molecular formula is C8H17F3N2O2. The fourth-order valence-electron chi connectivity index (χ4n) is 1.01. The topological polar surface area (TPSA) is 67.5 Å². The Morgan fingerprint density at radius 3 is 2.13 bits per heavy atom. The Bertz CT molecular complexity index is 197. The van der Waals surface area contributed by atoms with Gasteiger partial charge in [0.1, 0.15) is 0 Å². The zero-order valence-corrected chi connectivity index (χ0v) is 8.93. The molecule has 0 fully saturated rings. The first-order valence-corrected chi connectivity index (χ1v) is 4.40. The van der Waals surface area contributed by atoms with E-state index in [0.717, 1.165) is 13.8 Å². The van der Waals surface area contributed by atoms with E-state index >= 15 is 0 Å². The lowest BCUT2D eigenvalue weighted by Gasteiger charge is -2.36. The molecule has 0 amide bonds. The summed E-state index contributed by atoms with van der Waals surface area (Å²) in [6.45, 7) is 1.77. The largest absolute Gasteiger partial charge is 0.395 e. The highest BCUT2D eigenvalue weighted by Crippen LogP contribution is 2.40. The molecule has 0 aromatic heterocycles. The summed E-state index contributed by atoms with van der Waals surface area (Å²) in [6.07, 6.45) is -5.86. The second kappa shape index (κ2) is 5.11. The van der Waals surface area contributed by atoms with Crippen LogP contribution in [0.15, 0.2) is 0 Å². The fraction of sp³-hybridized carbons (Fsp3) is 1.00. The molecule has 0 aromatic carbocycles. The second-order valence-electron chi connectivity index (χ2n) is 3.76. The summed E-state index contributed by atoms with van der Waals surface area (Å²) in [6, 6.07) is -1.12. The first-order valence-electron chi connectivity index (χ1n) is 4.40. The van der Waals surface area contributed by atoms with E-state index < -0.39 is 24.0 Å². The van der Waals surface area contributed by atoms with Crippen LogP contribution in [0.1, 0.15) is 13.8 Å². The van der Waals surface area contributed by atoms with Gasteiger partial charge in [0.2, 0.25) is 6.41 Å². The Labute approximate surface area is 86.6 Å². The molecular weight excluding hydrogens is 213 g/mol. The van der Waals surface area contributed by atoms with Crippen LogP contribution in [0.5, 0.6) is 0 Å². The highest BCUT2D eigenvalue weighted by atomic mass is 19.4. The second-order valence-corrected chi connectivity index (χ2v) is 3.76. The van der Waals surface area contributed by atoms with E-state index in [0.29, 0.717) is 0 Å². The first-order chi connectivity index (χ1) is 6.66. The third-order valence-electron chi connectivity index (χ3n) is 2.40. The first kappa shape index (κ1) is 14.6. The standard InChI is InChI=1S/C8H17F3N2O2/c1-7(2,8(9,10)11)5(4-12)13-6(14)15-3/h5-6,13-14H,4,12H2,1-3H3/t5-,6?/m1/s1. The van der Waals surface area contributed by atoms with Crippen LogP contribution in [-0.4, -0.2) is 37.4 Å². The van der Waals surface area contributed by atoms with Gasteiger partial charge in [-0.1, -0.05) is 0 Å². The number of aliphatic hydroxyl groups is 1. The minimum atomic E-state index is -4.41. The van der Waals surface area contributed by atoms with Crippen LogP contribution in [0.4, 0.5) is 13.2 Å². The minimum absolute atomic E-state index is 0.257. The quantitative estimate of drug-likeness (QED) is 0.599. The molecule has 0 aliphatic carbocycles. The molecule has 0 rings (SSSR count). The predicted molar refractivity (Wildman–Crippen MR) is 48.8 cm³/mol. The number of hydrogen-bond donors (Lipinski definition) is 3. The lowest BCUT2D eigenvalue weighted by molar-refractivity contribution is -0.228. The van der Waals surface area contributed by atoms with Crippen LogP contribution in [0, 0.1) is 5.41 Å². The number of rotatable bonds is 5. The van der Waals surface area contributed by atoms with Gasteiger partial charge >= 0.3 is 6.18 Å². The Hall–Kier alpha value is -0.370. The number of nitrogens with two attached hydrogens (primary N) is 1. The summed E-state index contributed by atoms with van der Waals surface area (Å²) in [5.41, 5.74) is 3.19. The molecule has 0 aliphatic heterocycles. The molecule has 4 N–H and O–H groups in total. The number of alkyl halides is 3. The van der Waals surface area contributed by atoms with E-state index in [1.165, 1.54) is 7.11 Å². The molecule has 0 saturated carbocycles. The van der Waals surface area contributed by atoms with Gasteiger partial charge in [-0.25, -0.2) is 0 Å². The molecule has 1 unspecified atom stereocenters. The number of nitrogens with one attached hydrogen (secondary N) is 1. The van der Waals surface area contributed by atoms with Crippen molar-refractivity contribution in [2.75, 3.05) is 13.7 Å². The molecule has 0 aromatic rings. The van der Waals surface area contributed by atoms with Gasteiger partial charge in [-0.2, -0.15) is 13.2 Å². The van der Waals surface area contributed by atoms with Crippen LogP contribution in [-0.2, 0) is 4.74 Å². The summed E-state index contributed by atoms with van der Waals surface area (Å²) >= 11 is 0. The lowest BCUT2D eigenvalue weighted by atomic mass is 9.83. The average Bonchev–Trinajstić information content (AvgIpc) is 2.11. The molecule has 92 valence electrons. The average molecular weight is 230 g/mol. The zero-order chi connectivity index (χ0) is 12.3. The van der Waals surface area contributed by atoms with Gasteiger partial charge < -0.3 is 15.6 Å². The van der Waals surface area contributed by atoms with Gasteiger partial charge in [-0.3, -0.25) is 5.32 Å². The van der Waals surface area contributed by atoms with Crippen LogP contribution >= 0.6 is 0 Å². The molecule has 2 atom stereocenters. The highest BCUT2D eigenvalue weighted by Gasteiger charge is 2.52. The Morgan fingerprint density at radius 1 is 1.40 bits per heavy atom. The van der Waals surface area contributed by atoms with E-state index in [4.69, 9.17) is 10.8 Å². The number of hydrogen-bond acceptors (Lipinski definition) is 4. The summed E-state index contributed by atoms with van der Waals surface area (Å²) in [5, 5.41) is 11.3. The van der Waals surface area contributed by atoms with Gasteiger partial charge in [0.15, 0.2) is 0 Å². The molecule has 0 spiro atoms. The van der Waals surface area contributed by atoms with Crippen molar-refractivity contribution < 1.29 is 23.0 Å². The monoisotopic (exact) mass is 230 g/mol. The molecule has 0 saturated heterocycles. The third kappa shape index (κ3) is 3.60. The van der Waals surface area contributed by atoms with Gasteiger partial charge in [-0.05, 0) is 13.8 Å². The molecule has 15 heavy (non-hydrogen) atoms. The van der Waals surface area contributed by atoms with Crippen molar-refractivity contribution in [3.05, 3.63) is 0 Å².